The third kappa shape index (κ3) is 2.87. The summed E-state index contributed by atoms with van der Waals surface area (Å²) in [6, 6.07) is 7.95. The molecule has 2 aromatic heterocycles. The summed E-state index contributed by atoms with van der Waals surface area (Å²) in [5.41, 5.74) is 4.76. The maximum Gasteiger partial charge on any atom is 0.227 e. The molecule has 6 heteroatoms. The maximum absolute atomic E-state index is 12.9. The van der Waals surface area contributed by atoms with Crippen LogP contribution in [0.3, 0.4) is 0 Å². The molecule has 0 spiro atoms. The fourth-order valence-electron chi connectivity index (χ4n) is 2.32. The molecule has 0 unspecified atom stereocenters. The van der Waals surface area contributed by atoms with Crippen molar-refractivity contribution in [2.75, 3.05) is 5.32 Å². The van der Waals surface area contributed by atoms with E-state index in [1.807, 2.05) is 19.9 Å². The number of nitrogens with one attached hydrogen (secondary N) is 2. The molecule has 0 bridgehead atoms. The molecular weight excluding hydrogens is 347 g/mol. The molecule has 112 valence electrons. The minimum atomic E-state index is -0.274. The van der Waals surface area contributed by atoms with Gasteiger partial charge in [0.25, 0.3) is 0 Å². The van der Waals surface area contributed by atoms with Crippen LogP contribution in [0.1, 0.15) is 11.3 Å². The Morgan fingerprint density at radius 1 is 1.14 bits per heavy atom. The quantitative estimate of drug-likeness (QED) is 0.709. The zero-order valence-corrected chi connectivity index (χ0v) is 13.7. The largest absolute Gasteiger partial charge is 0.353 e. The van der Waals surface area contributed by atoms with Crippen molar-refractivity contribution in [2.45, 2.75) is 13.8 Å². The highest BCUT2D eigenvalue weighted by Crippen LogP contribution is 2.31. The third-order valence-electron chi connectivity index (χ3n) is 3.39. The topological polar surface area (TPSA) is 53.6 Å². The zero-order chi connectivity index (χ0) is 15.7. The van der Waals surface area contributed by atoms with E-state index in [2.05, 4.69) is 36.2 Å². The van der Waals surface area contributed by atoms with E-state index < -0.39 is 0 Å². The summed E-state index contributed by atoms with van der Waals surface area (Å²) in [7, 11) is 0. The number of hydrogen-bond acceptors (Lipinski definition) is 3. The van der Waals surface area contributed by atoms with E-state index in [-0.39, 0.29) is 5.82 Å². The highest BCUT2D eigenvalue weighted by atomic mass is 79.9. The number of aromatic nitrogens is 3. The van der Waals surface area contributed by atoms with Crippen LogP contribution < -0.4 is 5.32 Å². The van der Waals surface area contributed by atoms with Crippen LogP contribution in [0, 0.1) is 19.7 Å². The Morgan fingerprint density at radius 3 is 2.50 bits per heavy atom. The van der Waals surface area contributed by atoms with Crippen molar-refractivity contribution in [1.29, 1.82) is 0 Å². The van der Waals surface area contributed by atoms with Crippen molar-refractivity contribution >= 4 is 27.6 Å². The molecule has 0 radical (unpaired) electrons. The number of aryl methyl sites for hydroxylation is 1. The van der Waals surface area contributed by atoms with Crippen molar-refractivity contribution in [3.63, 3.8) is 0 Å². The van der Waals surface area contributed by atoms with Gasteiger partial charge in [-0.2, -0.15) is 0 Å². The van der Waals surface area contributed by atoms with Crippen molar-refractivity contribution in [3.8, 4) is 11.3 Å². The number of rotatable bonds is 3. The molecule has 0 fully saturated rings. The first-order chi connectivity index (χ1) is 10.5. The number of halogens is 2. The van der Waals surface area contributed by atoms with Gasteiger partial charge in [0.05, 0.1) is 10.3 Å². The Morgan fingerprint density at radius 2 is 1.86 bits per heavy atom. The summed E-state index contributed by atoms with van der Waals surface area (Å²) in [6.07, 6.45) is 1.70. The van der Waals surface area contributed by atoms with E-state index in [9.17, 15) is 4.39 Å². The molecule has 2 N–H and O–H groups in total. The highest BCUT2D eigenvalue weighted by molar-refractivity contribution is 9.10. The van der Waals surface area contributed by atoms with Gasteiger partial charge in [-0.1, -0.05) is 0 Å². The first-order valence-corrected chi connectivity index (χ1v) is 7.54. The normalized spacial score (nSPS) is 10.7. The van der Waals surface area contributed by atoms with Crippen LogP contribution in [0.4, 0.5) is 16.0 Å². The van der Waals surface area contributed by atoms with Crippen molar-refractivity contribution in [1.82, 2.24) is 15.0 Å². The average molecular weight is 361 g/mol. The lowest BCUT2D eigenvalue weighted by molar-refractivity contribution is 0.628. The van der Waals surface area contributed by atoms with E-state index in [1.165, 1.54) is 12.1 Å². The summed E-state index contributed by atoms with van der Waals surface area (Å²) >= 11 is 3.49. The van der Waals surface area contributed by atoms with E-state index in [4.69, 9.17) is 0 Å². The SMILES string of the molecule is Cc1[nH]c(Br)c(C)c1-c1ccnc(Nc2ccc(F)cc2)n1. The molecule has 0 aliphatic heterocycles. The standard InChI is InChI=1S/C16H14BrFN4/c1-9-14(10(2)20-15(9)17)13-7-8-19-16(22-13)21-12-5-3-11(18)4-6-12/h3-8,20H,1-2H3,(H,19,21,22). The van der Waals surface area contributed by atoms with Crippen molar-refractivity contribution in [3.05, 3.63) is 58.2 Å². The lowest BCUT2D eigenvalue weighted by atomic mass is 10.1. The second-order valence-corrected chi connectivity index (χ2v) is 5.75. The van der Waals surface area contributed by atoms with Crippen LogP contribution in [0.2, 0.25) is 0 Å². The summed E-state index contributed by atoms with van der Waals surface area (Å²) in [5.74, 6) is 0.198. The second kappa shape index (κ2) is 5.88. The van der Waals surface area contributed by atoms with Crippen molar-refractivity contribution in [2.24, 2.45) is 0 Å². The van der Waals surface area contributed by atoms with Gasteiger partial charge in [0, 0.05) is 23.1 Å². The Balaban J connectivity index is 1.94. The smallest absolute Gasteiger partial charge is 0.227 e. The average Bonchev–Trinajstić information content (AvgIpc) is 2.75. The summed E-state index contributed by atoms with van der Waals surface area (Å²) in [5, 5.41) is 3.08. The van der Waals surface area contributed by atoms with Gasteiger partial charge in [0.2, 0.25) is 5.95 Å². The van der Waals surface area contributed by atoms with Crippen LogP contribution in [0.25, 0.3) is 11.3 Å². The molecule has 0 aliphatic carbocycles. The summed E-state index contributed by atoms with van der Waals surface area (Å²) in [4.78, 5) is 12.0. The Hall–Kier alpha value is -2.21. The maximum atomic E-state index is 12.9. The number of anilines is 2. The van der Waals surface area contributed by atoms with Gasteiger partial charge in [-0.15, -0.1) is 0 Å². The van der Waals surface area contributed by atoms with Gasteiger partial charge in [-0.3, -0.25) is 0 Å². The fourth-order valence-corrected chi connectivity index (χ4v) is 2.81. The van der Waals surface area contributed by atoms with E-state index in [0.717, 1.165) is 32.8 Å². The molecule has 0 saturated carbocycles. The first-order valence-electron chi connectivity index (χ1n) is 6.75. The van der Waals surface area contributed by atoms with Crippen LogP contribution in [0.15, 0.2) is 41.1 Å². The molecular formula is C16H14BrFN4. The lowest BCUT2D eigenvalue weighted by Gasteiger charge is -2.07. The highest BCUT2D eigenvalue weighted by Gasteiger charge is 2.13. The second-order valence-electron chi connectivity index (χ2n) is 4.96. The van der Waals surface area contributed by atoms with Gasteiger partial charge in [-0.25, -0.2) is 14.4 Å². The molecule has 3 aromatic rings. The van der Waals surface area contributed by atoms with E-state index in [0.29, 0.717) is 5.95 Å². The first kappa shape index (κ1) is 14.7. The van der Waals surface area contributed by atoms with Crippen LogP contribution in [0.5, 0.6) is 0 Å². The van der Waals surface area contributed by atoms with Crippen LogP contribution >= 0.6 is 15.9 Å². The number of aromatic amines is 1. The molecule has 0 saturated heterocycles. The van der Waals surface area contributed by atoms with E-state index in [1.54, 1.807) is 18.3 Å². The van der Waals surface area contributed by atoms with Gasteiger partial charge < -0.3 is 10.3 Å². The molecule has 1 aromatic carbocycles. The number of H-pyrrole nitrogens is 1. The number of benzene rings is 1. The fraction of sp³-hybridized carbons (Fsp3) is 0.125. The summed E-state index contributed by atoms with van der Waals surface area (Å²) in [6.45, 7) is 4.03. The predicted molar refractivity (Wildman–Crippen MR) is 88.7 cm³/mol. The molecule has 0 amide bonds. The predicted octanol–water partition coefficient (Wildman–Crippen LogP) is 4.73. The van der Waals surface area contributed by atoms with Gasteiger partial charge in [0.15, 0.2) is 0 Å². The van der Waals surface area contributed by atoms with E-state index >= 15 is 0 Å². The van der Waals surface area contributed by atoms with Gasteiger partial charge in [-0.05, 0) is 65.7 Å². The minimum Gasteiger partial charge on any atom is -0.353 e. The molecule has 2 heterocycles. The Kier molecular flexibility index (Phi) is 3.94. The Bertz CT molecular complexity index is 812. The molecule has 0 atom stereocenters. The van der Waals surface area contributed by atoms with Crippen LogP contribution in [-0.4, -0.2) is 15.0 Å². The number of hydrogen-bond donors (Lipinski definition) is 2. The van der Waals surface area contributed by atoms with Gasteiger partial charge >= 0.3 is 0 Å². The Labute approximate surface area is 136 Å². The van der Waals surface area contributed by atoms with Crippen molar-refractivity contribution < 1.29 is 4.39 Å². The summed E-state index contributed by atoms with van der Waals surface area (Å²) < 4.78 is 13.9. The minimum absolute atomic E-state index is 0.274. The molecule has 4 nitrogen and oxygen atoms in total. The molecule has 0 aliphatic rings. The lowest BCUT2D eigenvalue weighted by Crippen LogP contribution is -1.98. The molecule has 22 heavy (non-hydrogen) atoms. The third-order valence-corrected chi connectivity index (χ3v) is 4.18. The monoisotopic (exact) mass is 360 g/mol. The van der Waals surface area contributed by atoms with Crippen LogP contribution in [-0.2, 0) is 0 Å². The number of nitrogens with zero attached hydrogens (tertiary/aromatic N) is 2. The molecule has 3 rings (SSSR count). The zero-order valence-electron chi connectivity index (χ0n) is 12.1. The van der Waals surface area contributed by atoms with Gasteiger partial charge in [0.1, 0.15) is 5.82 Å².